The molecule has 1 aromatic carbocycles. The molecule has 82 valence electrons. The van der Waals surface area contributed by atoms with Crippen LogP contribution in [-0.4, -0.2) is 19.0 Å². The van der Waals surface area contributed by atoms with E-state index in [1.54, 1.807) is 12.1 Å². The maximum absolute atomic E-state index is 12.6. The van der Waals surface area contributed by atoms with Gasteiger partial charge < -0.3 is 11.1 Å². The van der Waals surface area contributed by atoms with E-state index in [0.717, 1.165) is 24.9 Å². The highest BCUT2D eigenvalue weighted by Gasteiger charge is 1.95. The Morgan fingerprint density at radius 1 is 1.33 bits per heavy atom. The Bertz CT molecular complexity index is 311. The van der Waals surface area contributed by atoms with E-state index >= 15 is 0 Å². The van der Waals surface area contributed by atoms with E-state index in [0.29, 0.717) is 0 Å². The average molecular weight is 210 g/mol. The molecule has 0 radical (unpaired) electrons. The number of aryl methyl sites for hydroxylation is 1. The molecule has 0 saturated heterocycles. The summed E-state index contributed by atoms with van der Waals surface area (Å²) in [6.07, 6.45) is 1.77. The van der Waals surface area contributed by atoms with Crippen molar-refractivity contribution < 1.29 is 9.18 Å². The molecule has 0 aliphatic rings. The zero-order valence-corrected chi connectivity index (χ0v) is 8.50. The number of amides is 1. The van der Waals surface area contributed by atoms with E-state index in [4.69, 9.17) is 5.73 Å². The van der Waals surface area contributed by atoms with Crippen LogP contribution >= 0.6 is 0 Å². The van der Waals surface area contributed by atoms with Gasteiger partial charge in [-0.25, -0.2) is 4.39 Å². The summed E-state index contributed by atoms with van der Waals surface area (Å²) >= 11 is 0. The van der Waals surface area contributed by atoms with Crippen LogP contribution in [0.4, 0.5) is 4.39 Å². The third-order valence-electron chi connectivity index (χ3n) is 2.03. The van der Waals surface area contributed by atoms with Gasteiger partial charge in [-0.2, -0.15) is 0 Å². The molecule has 4 heteroatoms. The molecule has 0 atom stereocenters. The Hall–Kier alpha value is -1.42. The standard InChI is InChI=1S/C11H15FN2O/c12-10-5-3-9(4-6-10)2-1-7-14-8-11(13)15/h3-6,14H,1-2,7-8H2,(H2,13,15). The van der Waals surface area contributed by atoms with Gasteiger partial charge in [0.05, 0.1) is 6.54 Å². The first kappa shape index (κ1) is 11.7. The Labute approximate surface area is 88.5 Å². The minimum absolute atomic E-state index is 0.212. The molecule has 0 unspecified atom stereocenters. The van der Waals surface area contributed by atoms with Crippen molar-refractivity contribution >= 4 is 5.91 Å². The summed E-state index contributed by atoms with van der Waals surface area (Å²) in [5.74, 6) is -0.567. The van der Waals surface area contributed by atoms with E-state index in [1.165, 1.54) is 12.1 Å². The number of hydrogen-bond acceptors (Lipinski definition) is 2. The summed E-state index contributed by atoms with van der Waals surface area (Å²) in [6.45, 7) is 0.948. The predicted octanol–water partition coefficient (Wildman–Crippen LogP) is 0.833. The number of primary amides is 1. The SMILES string of the molecule is NC(=O)CNCCCc1ccc(F)cc1. The maximum Gasteiger partial charge on any atom is 0.231 e. The lowest BCUT2D eigenvalue weighted by Gasteiger charge is -2.02. The van der Waals surface area contributed by atoms with Crippen molar-refractivity contribution in [2.45, 2.75) is 12.8 Å². The van der Waals surface area contributed by atoms with Crippen molar-refractivity contribution in [2.24, 2.45) is 5.73 Å². The lowest BCUT2D eigenvalue weighted by Crippen LogP contribution is -2.29. The summed E-state index contributed by atoms with van der Waals surface area (Å²) in [5.41, 5.74) is 6.05. The van der Waals surface area contributed by atoms with Crippen LogP contribution in [0.5, 0.6) is 0 Å². The lowest BCUT2D eigenvalue weighted by molar-refractivity contribution is -0.117. The molecule has 0 bridgehead atoms. The zero-order chi connectivity index (χ0) is 11.1. The van der Waals surface area contributed by atoms with Gasteiger partial charge in [-0.1, -0.05) is 12.1 Å². The van der Waals surface area contributed by atoms with Crippen molar-refractivity contribution in [2.75, 3.05) is 13.1 Å². The summed E-state index contributed by atoms with van der Waals surface area (Å²) in [7, 11) is 0. The zero-order valence-electron chi connectivity index (χ0n) is 8.50. The van der Waals surface area contributed by atoms with Crippen molar-refractivity contribution in [3.05, 3.63) is 35.6 Å². The van der Waals surface area contributed by atoms with Crippen molar-refractivity contribution in [3.63, 3.8) is 0 Å². The van der Waals surface area contributed by atoms with E-state index < -0.39 is 0 Å². The molecular formula is C11H15FN2O. The number of carbonyl (C=O) groups is 1. The number of rotatable bonds is 6. The second kappa shape index (κ2) is 6.14. The van der Waals surface area contributed by atoms with Gasteiger partial charge >= 0.3 is 0 Å². The quantitative estimate of drug-likeness (QED) is 0.683. The van der Waals surface area contributed by atoms with E-state index in [2.05, 4.69) is 5.32 Å². The first-order chi connectivity index (χ1) is 7.18. The topological polar surface area (TPSA) is 55.1 Å². The summed E-state index contributed by atoms with van der Waals surface area (Å²) < 4.78 is 12.6. The molecule has 3 N–H and O–H groups in total. The molecule has 0 aliphatic heterocycles. The highest BCUT2D eigenvalue weighted by atomic mass is 19.1. The first-order valence-electron chi connectivity index (χ1n) is 4.92. The molecule has 0 heterocycles. The summed E-state index contributed by atoms with van der Waals surface area (Å²) in [4.78, 5) is 10.4. The van der Waals surface area contributed by atoms with Crippen LogP contribution in [0.25, 0.3) is 0 Å². The summed E-state index contributed by atoms with van der Waals surface area (Å²) in [5, 5.41) is 2.92. The molecule has 0 spiro atoms. The monoisotopic (exact) mass is 210 g/mol. The first-order valence-corrected chi connectivity index (χ1v) is 4.92. The third-order valence-corrected chi connectivity index (χ3v) is 2.03. The average Bonchev–Trinajstić information content (AvgIpc) is 2.20. The van der Waals surface area contributed by atoms with Crippen LogP contribution in [0.15, 0.2) is 24.3 Å². The van der Waals surface area contributed by atoms with Gasteiger partial charge in [0.1, 0.15) is 5.82 Å². The van der Waals surface area contributed by atoms with Gasteiger partial charge in [-0.3, -0.25) is 4.79 Å². The smallest absolute Gasteiger partial charge is 0.231 e. The number of nitrogens with two attached hydrogens (primary N) is 1. The minimum atomic E-state index is -0.350. The molecular weight excluding hydrogens is 195 g/mol. The van der Waals surface area contributed by atoms with Gasteiger partial charge in [0.25, 0.3) is 0 Å². The van der Waals surface area contributed by atoms with Crippen molar-refractivity contribution in [1.29, 1.82) is 0 Å². The Morgan fingerprint density at radius 2 is 2.00 bits per heavy atom. The van der Waals surface area contributed by atoms with Crippen LogP contribution in [-0.2, 0) is 11.2 Å². The lowest BCUT2D eigenvalue weighted by atomic mass is 10.1. The fourth-order valence-electron chi connectivity index (χ4n) is 1.28. The molecule has 1 aromatic rings. The number of benzene rings is 1. The van der Waals surface area contributed by atoms with Gasteiger partial charge in [0.15, 0.2) is 0 Å². The number of halogens is 1. The molecule has 15 heavy (non-hydrogen) atoms. The molecule has 0 aromatic heterocycles. The van der Waals surface area contributed by atoms with Crippen LogP contribution in [0, 0.1) is 5.82 Å². The normalized spacial score (nSPS) is 10.2. The van der Waals surface area contributed by atoms with Crippen LogP contribution in [0.2, 0.25) is 0 Å². The second-order valence-electron chi connectivity index (χ2n) is 3.37. The Morgan fingerprint density at radius 3 is 2.60 bits per heavy atom. The van der Waals surface area contributed by atoms with Crippen LogP contribution in [0.1, 0.15) is 12.0 Å². The van der Waals surface area contributed by atoms with Gasteiger partial charge in [0, 0.05) is 0 Å². The third kappa shape index (κ3) is 5.12. The number of hydrogen-bond donors (Lipinski definition) is 2. The largest absolute Gasteiger partial charge is 0.369 e. The second-order valence-corrected chi connectivity index (χ2v) is 3.37. The fourth-order valence-corrected chi connectivity index (χ4v) is 1.28. The highest BCUT2D eigenvalue weighted by molar-refractivity contribution is 5.75. The molecule has 0 saturated carbocycles. The highest BCUT2D eigenvalue weighted by Crippen LogP contribution is 2.04. The molecule has 0 fully saturated rings. The van der Waals surface area contributed by atoms with Gasteiger partial charge in [0.2, 0.25) is 5.91 Å². The van der Waals surface area contributed by atoms with E-state index in [1.807, 2.05) is 0 Å². The van der Waals surface area contributed by atoms with E-state index in [9.17, 15) is 9.18 Å². The minimum Gasteiger partial charge on any atom is -0.369 e. The Kier molecular flexibility index (Phi) is 4.77. The fraction of sp³-hybridized carbons (Fsp3) is 0.364. The molecule has 1 amide bonds. The predicted molar refractivity (Wildman–Crippen MR) is 56.8 cm³/mol. The van der Waals surface area contributed by atoms with Crippen molar-refractivity contribution in [1.82, 2.24) is 5.32 Å². The molecule has 0 aliphatic carbocycles. The van der Waals surface area contributed by atoms with Gasteiger partial charge in [-0.15, -0.1) is 0 Å². The van der Waals surface area contributed by atoms with Crippen molar-refractivity contribution in [3.8, 4) is 0 Å². The van der Waals surface area contributed by atoms with Crippen LogP contribution in [0.3, 0.4) is 0 Å². The molecule has 3 nitrogen and oxygen atoms in total. The maximum atomic E-state index is 12.6. The number of carbonyl (C=O) groups excluding carboxylic acids is 1. The molecule has 1 rings (SSSR count). The Balaban J connectivity index is 2.15. The number of nitrogens with one attached hydrogen (secondary N) is 1. The van der Waals surface area contributed by atoms with Gasteiger partial charge in [-0.05, 0) is 37.1 Å². The summed E-state index contributed by atoms with van der Waals surface area (Å²) in [6, 6.07) is 6.44. The van der Waals surface area contributed by atoms with Crippen LogP contribution < -0.4 is 11.1 Å². The van der Waals surface area contributed by atoms with E-state index in [-0.39, 0.29) is 18.3 Å².